The standard InChI is InChI=1S/C17H20F3N5O2.HI/c1-11-10-25(5-6-26-11)16(21)22-9-12-3-2-4-13(7-12)15-23-14(24-27-15)8-17(18,19)20;/h2-4,7,11H,5-6,8-10H2,1H3,(H2,21,22);1H. The van der Waals surface area contributed by atoms with Gasteiger partial charge in [0.2, 0.25) is 0 Å². The lowest BCUT2D eigenvalue weighted by molar-refractivity contribution is -0.128. The molecule has 1 unspecified atom stereocenters. The summed E-state index contributed by atoms with van der Waals surface area (Å²) in [4.78, 5) is 10.2. The minimum Gasteiger partial charge on any atom is -0.375 e. The molecule has 1 aliphatic rings. The van der Waals surface area contributed by atoms with Crippen molar-refractivity contribution >= 4 is 29.9 Å². The normalized spacial score (nSPS) is 18.1. The molecule has 1 fully saturated rings. The zero-order valence-electron chi connectivity index (χ0n) is 15.1. The van der Waals surface area contributed by atoms with Crippen LogP contribution < -0.4 is 5.73 Å². The molecule has 2 aromatic rings. The van der Waals surface area contributed by atoms with E-state index < -0.39 is 18.4 Å². The molecular formula is C17H21F3IN5O2. The van der Waals surface area contributed by atoms with Gasteiger partial charge in [0.1, 0.15) is 6.42 Å². The minimum absolute atomic E-state index is 0. The first-order chi connectivity index (χ1) is 12.8. The molecule has 3 rings (SSSR count). The number of hydrogen-bond donors (Lipinski definition) is 1. The van der Waals surface area contributed by atoms with Crippen LogP contribution in [0, 0.1) is 0 Å². The number of morpholine rings is 1. The third-order valence-corrected chi connectivity index (χ3v) is 3.99. The average molecular weight is 511 g/mol. The van der Waals surface area contributed by atoms with Crippen molar-refractivity contribution in [2.45, 2.75) is 32.2 Å². The summed E-state index contributed by atoms with van der Waals surface area (Å²) >= 11 is 0. The zero-order valence-corrected chi connectivity index (χ0v) is 17.5. The van der Waals surface area contributed by atoms with Gasteiger partial charge in [-0.1, -0.05) is 17.3 Å². The molecule has 7 nitrogen and oxygen atoms in total. The maximum Gasteiger partial charge on any atom is 0.396 e. The number of nitrogens with two attached hydrogens (primary N) is 1. The van der Waals surface area contributed by atoms with Gasteiger partial charge in [0.05, 0.1) is 19.3 Å². The van der Waals surface area contributed by atoms with E-state index in [9.17, 15) is 13.2 Å². The molecule has 1 saturated heterocycles. The fourth-order valence-corrected chi connectivity index (χ4v) is 2.72. The predicted octanol–water partition coefficient (Wildman–Crippen LogP) is 2.99. The van der Waals surface area contributed by atoms with E-state index in [1.54, 1.807) is 18.2 Å². The smallest absolute Gasteiger partial charge is 0.375 e. The van der Waals surface area contributed by atoms with Gasteiger partial charge < -0.3 is 19.9 Å². The van der Waals surface area contributed by atoms with E-state index in [4.69, 9.17) is 15.0 Å². The second-order valence-electron chi connectivity index (χ2n) is 6.31. The maximum absolute atomic E-state index is 12.4. The number of nitrogens with zero attached hydrogens (tertiary/aromatic N) is 4. The van der Waals surface area contributed by atoms with Crippen LogP contribution in [0.1, 0.15) is 18.3 Å². The molecule has 28 heavy (non-hydrogen) atoms. The Balaban J connectivity index is 0.00000280. The van der Waals surface area contributed by atoms with E-state index in [1.165, 1.54) is 0 Å². The van der Waals surface area contributed by atoms with Gasteiger partial charge in [0.15, 0.2) is 11.8 Å². The van der Waals surface area contributed by atoms with Crippen LogP contribution in [0.15, 0.2) is 33.8 Å². The second-order valence-corrected chi connectivity index (χ2v) is 6.31. The lowest BCUT2D eigenvalue weighted by Gasteiger charge is -2.31. The molecule has 0 bridgehead atoms. The number of benzene rings is 1. The van der Waals surface area contributed by atoms with Gasteiger partial charge in [-0.2, -0.15) is 18.2 Å². The van der Waals surface area contributed by atoms with Gasteiger partial charge in [0, 0.05) is 18.7 Å². The summed E-state index contributed by atoms with van der Waals surface area (Å²) in [6, 6.07) is 7.02. The van der Waals surface area contributed by atoms with Crippen molar-refractivity contribution in [1.82, 2.24) is 15.0 Å². The maximum atomic E-state index is 12.4. The van der Waals surface area contributed by atoms with E-state index in [0.29, 0.717) is 37.8 Å². The monoisotopic (exact) mass is 511 g/mol. The predicted molar refractivity (Wildman–Crippen MR) is 107 cm³/mol. The third-order valence-electron chi connectivity index (χ3n) is 3.99. The summed E-state index contributed by atoms with van der Waals surface area (Å²) in [5, 5.41) is 3.38. The van der Waals surface area contributed by atoms with E-state index >= 15 is 0 Å². The Kier molecular flexibility index (Phi) is 7.63. The molecule has 1 aromatic heterocycles. The first-order valence-corrected chi connectivity index (χ1v) is 8.45. The molecule has 0 saturated carbocycles. The topological polar surface area (TPSA) is 89.8 Å². The van der Waals surface area contributed by atoms with Gasteiger partial charge in [-0.25, -0.2) is 4.99 Å². The minimum atomic E-state index is -4.38. The van der Waals surface area contributed by atoms with Crippen molar-refractivity contribution in [3.8, 4) is 11.5 Å². The Labute approximate surface area is 177 Å². The van der Waals surface area contributed by atoms with Crippen molar-refractivity contribution in [3.63, 3.8) is 0 Å². The number of guanidine groups is 1. The molecule has 2 heterocycles. The number of aromatic nitrogens is 2. The first kappa shape index (κ1) is 22.4. The van der Waals surface area contributed by atoms with Gasteiger partial charge in [-0.15, -0.1) is 24.0 Å². The van der Waals surface area contributed by atoms with Crippen molar-refractivity contribution in [2.75, 3.05) is 19.7 Å². The zero-order chi connectivity index (χ0) is 19.4. The van der Waals surface area contributed by atoms with Crippen LogP contribution >= 0.6 is 24.0 Å². The van der Waals surface area contributed by atoms with Crippen LogP contribution in [-0.4, -0.2) is 53.0 Å². The molecule has 0 radical (unpaired) electrons. The van der Waals surface area contributed by atoms with Crippen LogP contribution in [0.25, 0.3) is 11.5 Å². The van der Waals surface area contributed by atoms with Crippen molar-refractivity contribution in [1.29, 1.82) is 0 Å². The summed E-state index contributed by atoms with van der Waals surface area (Å²) in [5.74, 6) is 0.0717. The van der Waals surface area contributed by atoms with Gasteiger partial charge >= 0.3 is 6.18 Å². The van der Waals surface area contributed by atoms with E-state index in [1.807, 2.05) is 17.9 Å². The van der Waals surface area contributed by atoms with Crippen molar-refractivity contribution in [2.24, 2.45) is 10.7 Å². The van der Waals surface area contributed by atoms with Crippen LogP contribution in [0.2, 0.25) is 0 Å². The fourth-order valence-electron chi connectivity index (χ4n) is 2.72. The van der Waals surface area contributed by atoms with Crippen LogP contribution in [-0.2, 0) is 17.7 Å². The lowest BCUT2D eigenvalue weighted by atomic mass is 10.1. The highest BCUT2D eigenvalue weighted by Crippen LogP contribution is 2.23. The highest BCUT2D eigenvalue weighted by Gasteiger charge is 2.30. The number of halogens is 4. The van der Waals surface area contributed by atoms with E-state index in [-0.39, 0.29) is 36.0 Å². The summed E-state index contributed by atoms with van der Waals surface area (Å²) in [7, 11) is 0. The summed E-state index contributed by atoms with van der Waals surface area (Å²) in [6.07, 6.45) is -5.51. The SMILES string of the molecule is CC1CN(C(N)=NCc2cccc(-c3nc(CC(F)(F)F)no3)c2)CCO1.I. The summed E-state index contributed by atoms with van der Waals surface area (Å²) in [5.41, 5.74) is 7.40. The molecule has 154 valence electrons. The largest absolute Gasteiger partial charge is 0.396 e. The van der Waals surface area contributed by atoms with Crippen molar-refractivity contribution in [3.05, 3.63) is 35.7 Å². The number of alkyl halides is 3. The molecule has 0 spiro atoms. The van der Waals surface area contributed by atoms with Crippen LogP contribution in [0.4, 0.5) is 13.2 Å². The van der Waals surface area contributed by atoms with Gasteiger partial charge in [-0.3, -0.25) is 0 Å². The molecule has 0 amide bonds. The molecular weight excluding hydrogens is 490 g/mol. The van der Waals surface area contributed by atoms with Crippen molar-refractivity contribution < 1.29 is 22.4 Å². The molecule has 1 aliphatic heterocycles. The molecule has 1 atom stereocenters. The molecule has 1 aromatic carbocycles. The Bertz CT molecular complexity index is 812. The summed E-state index contributed by atoms with van der Waals surface area (Å²) in [6.45, 7) is 4.27. The Morgan fingerprint density at radius 1 is 1.39 bits per heavy atom. The third kappa shape index (κ3) is 6.33. The van der Waals surface area contributed by atoms with Crippen LogP contribution in [0.5, 0.6) is 0 Å². The Morgan fingerprint density at radius 3 is 2.89 bits per heavy atom. The van der Waals surface area contributed by atoms with Gasteiger partial charge in [-0.05, 0) is 24.6 Å². The number of rotatable bonds is 4. The van der Waals surface area contributed by atoms with E-state index in [0.717, 1.165) is 5.56 Å². The Hall–Kier alpha value is -1.89. The molecule has 11 heteroatoms. The molecule has 0 aliphatic carbocycles. The quantitative estimate of drug-likeness (QED) is 0.386. The average Bonchev–Trinajstić information content (AvgIpc) is 3.06. The van der Waals surface area contributed by atoms with E-state index in [2.05, 4.69) is 15.1 Å². The summed E-state index contributed by atoms with van der Waals surface area (Å²) < 4.78 is 47.6. The fraction of sp³-hybridized carbons (Fsp3) is 0.471. The first-order valence-electron chi connectivity index (χ1n) is 8.45. The van der Waals surface area contributed by atoms with Crippen LogP contribution in [0.3, 0.4) is 0 Å². The number of hydrogen-bond acceptors (Lipinski definition) is 5. The molecule has 2 N–H and O–H groups in total. The lowest BCUT2D eigenvalue weighted by Crippen LogP contribution is -2.47. The van der Waals surface area contributed by atoms with Gasteiger partial charge in [0.25, 0.3) is 5.89 Å². The second kappa shape index (κ2) is 9.54. The highest BCUT2D eigenvalue weighted by atomic mass is 127. The Morgan fingerprint density at radius 2 is 2.18 bits per heavy atom. The highest BCUT2D eigenvalue weighted by molar-refractivity contribution is 14.0. The number of ether oxygens (including phenoxy) is 1. The number of aliphatic imine (C=N–C) groups is 1.